The lowest BCUT2D eigenvalue weighted by Crippen LogP contribution is -2.06. The number of nitrogens with zero attached hydrogens (tertiary/aromatic N) is 1. The average Bonchev–Trinajstić information content (AvgIpc) is 2.82. The molecule has 0 atom stereocenters. The van der Waals surface area contributed by atoms with E-state index < -0.39 is 0 Å². The van der Waals surface area contributed by atoms with E-state index >= 15 is 0 Å². The van der Waals surface area contributed by atoms with E-state index in [1.165, 1.54) is 0 Å². The van der Waals surface area contributed by atoms with Crippen molar-refractivity contribution in [3.8, 4) is 0 Å². The number of pyridine rings is 1. The highest BCUT2D eigenvalue weighted by atomic mass is 16.5. The second kappa shape index (κ2) is 4.72. The minimum absolute atomic E-state index is 0.217. The Labute approximate surface area is 110 Å². The fourth-order valence-corrected chi connectivity index (χ4v) is 2.25. The van der Waals surface area contributed by atoms with Crippen LogP contribution in [0.2, 0.25) is 0 Å². The smallest absolute Gasteiger partial charge is 0.310 e. The van der Waals surface area contributed by atoms with E-state index in [1.807, 2.05) is 24.3 Å². The zero-order valence-corrected chi connectivity index (χ0v) is 10.6. The normalized spacial score (nSPS) is 11.0. The van der Waals surface area contributed by atoms with Crippen molar-refractivity contribution in [2.75, 3.05) is 6.61 Å². The van der Waals surface area contributed by atoms with Crippen molar-refractivity contribution in [3.05, 3.63) is 42.3 Å². The van der Waals surface area contributed by atoms with Crippen LogP contribution in [0.4, 0.5) is 0 Å². The molecule has 0 aliphatic rings. The van der Waals surface area contributed by atoms with Crippen LogP contribution >= 0.6 is 0 Å². The van der Waals surface area contributed by atoms with Crippen LogP contribution in [0.25, 0.3) is 21.9 Å². The number of esters is 1. The monoisotopic (exact) mass is 255 g/mol. The van der Waals surface area contributed by atoms with Gasteiger partial charge in [0.15, 0.2) is 0 Å². The van der Waals surface area contributed by atoms with Gasteiger partial charge in [-0.25, -0.2) is 0 Å². The summed E-state index contributed by atoms with van der Waals surface area (Å²) in [5, 5.41) is 1.94. The maximum atomic E-state index is 11.6. The van der Waals surface area contributed by atoms with Gasteiger partial charge < -0.3 is 9.15 Å². The molecule has 3 rings (SSSR count). The molecule has 96 valence electrons. The summed E-state index contributed by atoms with van der Waals surface area (Å²) in [4.78, 5) is 15.9. The van der Waals surface area contributed by atoms with Crippen LogP contribution in [0, 0.1) is 0 Å². The van der Waals surface area contributed by atoms with Gasteiger partial charge in [-0.15, -0.1) is 0 Å². The Bertz CT molecular complexity index is 745. The number of rotatable bonds is 3. The lowest BCUT2D eigenvalue weighted by molar-refractivity contribution is -0.142. The molecule has 0 unspecified atom stereocenters. The van der Waals surface area contributed by atoms with E-state index in [2.05, 4.69) is 4.98 Å². The molecule has 4 heteroatoms. The minimum atomic E-state index is -0.244. The molecule has 0 amide bonds. The second-order valence-electron chi connectivity index (χ2n) is 4.25. The van der Waals surface area contributed by atoms with Crippen LogP contribution in [0.3, 0.4) is 0 Å². The molecule has 0 N–H and O–H groups in total. The fourth-order valence-electron chi connectivity index (χ4n) is 2.25. The zero-order valence-electron chi connectivity index (χ0n) is 10.6. The van der Waals surface area contributed by atoms with Crippen molar-refractivity contribution in [2.45, 2.75) is 13.3 Å². The predicted octanol–water partition coefficient (Wildman–Crippen LogP) is 3.09. The van der Waals surface area contributed by atoms with Crippen LogP contribution in [0.1, 0.15) is 12.5 Å². The summed E-state index contributed by atoms with van der Waals surface area (Å²) in [5.41, 5.74) is 2.49. The van der Waals surface area contributed by atoms with Gasteiger partial charge in [-0.1, -0.05) is 6.07 Å². The summed E-state index contributed by atoms with van der Waals surface area (Å²) in [6.07, 6.45) is 3.59. The Morgan fingerprint density at radius 1 is 1.37 bits per heavy atom. The fraction of sp³-hybridized carbons (Fsp3) is 0.200. The van der Waals surface area contributed by atoms with Crippen molar-refractivity contribution >= 4 is 27.8 Å². The van der Waals surface area contributed by atoms with Crippen LogP contribution < -0.4 is 0 Å². The highest BCUT2D eigenvalue weighted by molar-refractivity contribution is 6.06. The van der Waals surface area contributed by atoms with Crippen LogP contribution in [-0.4, -0.2) is 17.6 Å². The summed E-state index contributed by atoms with van der Waals surface area (Å²) in [5.74, 6) is -0.244. The zero-order chi connectivity index (χ0) is 13.2. The molecular formula is C15H13NO3. The van der Waals surface area contributed by atoms with Crippen molar-refractivity contribution < 1.29 is 13.9 Å². The SMILES string of the molecule is CCOC(=O)Cc1coc2ccc3ncccc3c12. The van der Waals surface area contributed by atoms with Gasteiger partial charge in [0.2, 0.25) is 0 Å². The lowest BCUT2D eigenvalue weighted by atomic mass is 10.1. The first-order chi connectivity index (χ1) is 9.29. The molecule has 0 saturated carbocycles. The third-order valence-electron chi connectivity index (χ3n) is 3.04. The van der Waals surface area contributed by atoms with Gasteiger partial charge in [0, 0.05) is 22.5 Å². The number of aromatic nitrogens is 1. The molecule has 0 bridgehead atoms. The number of fused-ring (bicyclic) bond motifs is 3. The average molecular weight is 255 g/mol. The van der Waals surface area contributed by atoms with E-state index in [1.54, 1.807) is 19.4 Å². The van der Waals surface area contributed by atoms with Gasteiger partial charge in [0.25, 0.3) is 0 Å². The lowest BCUT2D eigenvalue weighted by Gasteiger charge is -2.02. The predicted molar refractivity (Wildman–Crippen MR) is 71.9 cm³/mol. The van der Waals surface area contributed by atoms with Crippen LogP contribution in [-0.2, 0) is 16.0 Å². The molecule has 4 nitrogen and oxygen atoms in total. The Balaban J connectivity index is 2.15. The number of benzene rings is 1. The number of carbonyl (C=O) groups excluding carboxylic acids is 1. The summed E-state index contributed by atoms with van der Waals surface area (Å²) >= 11 is 0. The Kier molecular flexibility index (Phi) is 2.91. The number of hydrogen-bond acceptors (Lipinski definition) is 4. The molecule has 3 aromatic rings. The highest BCUT2D eigenvalue weighted by Gasteiger charge is 2.13. The van der Waals surface area contributed by atoms with E-state index in [0.29, 0.717) is 6.61 Å². The third-order valence-corrected chi connectivity index (χ3v) is 3.04. The van der Waals surface area contributed by atoms with Crippen molar-refractivity contribution in [2.24, 2.45) is 0 Å². The van der Waals surface area contributed by atoms with E-state index in [4.69, 9.17) is 9.15 Å². The van der Waals surface area contributed by atoms with Crippen molar-refractivity contribution in [1.29, 1.82) is 0 Å². The summed E-state index contributed by atoms with van der Waals surface area (Å²) in [6.45, 7) is 2.18. The first kappa shape index (κ1) is 11.7. The largest absolute Gasteiger partial charge is 0.466 e. The molecule has 0 saturated heterocycles. The topological polar surface area (TPSA) is 52.3 Å². The highest BCUT2D eigenvalue weighted by Crippen LogP contribution is 2.29. The van der Waals surface area contributed by atoms with Crippen molar-refractivity contribution in [3.63, 3.8) is 0 Å². The summed E-state index contributed by atoms with van der Waals surface area (Å²) in [7, 11) is 0. The Hall–Kier alpha value is -2.36. The first-order valence-corrected chi connectivity index (χ1v) is 6.19. The molecule has 0 spiro atoms. The van der Waals surface area contributed by atoms with E-state index in [9.17, 15) is 4.79 Å². The maximum Gasteiger partial charge on any atom is 0.310 e. The minimum Gasteiger partial charge on any atom is -0.466 e. The van der Waals surface area contributed by atoms with Gasteiger partial charge in [-0.05, 0) is 25.1 Å². The molecule has 0 aliphatic heterocycles. The third kappa shape index (κ3) is 2.05. The number of hydrogen-bond donors (Lipinski definition) is 0. The first-order valence-electron chi connectivity index (χ1n) is 6.19. The number of furan rings is 1. The molecule has 0 aliphatic carbocycles. The van der Waals surface area contributed by atoms with Gasteiger partial charge in [-0.3, -0.25) is 9.78 Å². The quantitative estimate of drug-likeness (QED) is 0.675. The maximum absolute atomic E-state index is 11.6. The molecule has 19 heavy (non-hydrogen) atoms. The van der Waals surface area contributed by atoms with Crippen LogP contribution in [0.15, 0.2) is 41.1 Å². The number of carbonyl (C=O) groups is 1. The van der Waals surface area contributed by atoms with Crippen LogP contribution in [0.5, 0.6) is 0 Å². The van der Waals surface area contributed by atoms with Gasteiger partial charge >= 0.3 is 5.97 Å². The summed E-state index contributed by atoms with van der Waals surface area (Å²) in [6, 6.07) is 7.65. The molecule has 0 fully saturated rings. The Morgan fingerprint density at radius 3 is 3.11 bits per heavy atom. The molecular weight excluding hydrogens is 242 g/mol. The van der Waals surface area contributed by atoms with Gasteiger partial charge in [-0.2, -0.15) is 0 Å². The second-order valence-corrected chi connectivity index (χ2v) is 4.25. The molecule has 0 radical (unpaired) electrons. The Morgan fingerprint density at radius 2 is 2.26 bits per heavy atom. The molecule has 1 aromatic carbocycles. The van der Waals surface area contributed by atoms with Gasteiger partial charge in [0.05, 0.1) is 24.8 Å². The number of ether oxygens (including phenoxy) is 1. The molecule has 2 heterocycles. The van der Waals surface area contributed by atoms with E-state index in [0.717, 1.165) is 27.4 Å². The van der Waals surface area contributed by atoms with E-state index in [-0.39, 0.29) is 12.4 Å². The van der Waals surface area contributed by atoms with Crippen molar-refractivity contribution in [1.82, 2.24) is 4.98 Å². The van der Waals surface area contributed by atoms with Gasteiger partial charge in [0.1, 0.15) is 5.58 Å². The molecule has 2 aromatic heterocycles. The standard InChI is InChI=1S/C15H13NO3/c1-2-18-14(17)8-10-9-19-13-6-5-12-11(15(10)13)4-3-7-16-12/h3-7,9H,2,8H2,1H3. The summed E-state index contributed by atoms with van der Waals surface area (Å²) < 4.78 is 10.5.